The van der Waals surface area contributed by atoms with Gasteiger partial charge in [-0.1, -0.05) is 12.1 Å². The van der Waals surface area contributed by atoms with Crippen LogP contribution in [0, 0.1) is 0 Å². The van der Waals surface area contributed by atoms with Gasteiger partial charge in [-0.15, -0.1) is 11.8 Å². The molecule has 0 unspecified atom stereocenters. The molecule has 0 aliphatic carbocycles. The summed E-state index contributed by atoms with van der Waals surface area (Å²) in [6.07, 6.45) is 1.95. The van der Waals surface area contributed by atoms with E-state index in [0.29, 0.717) is 24.4 Å². The van der Waals surface area contributed by atoms with Crippen LogP contribution in [0.25, 0.3) is 0 Å². The lowest BCUT2D eigenvalue weighted by Crippen LogP contribution is -2.28. The summed E-state index contributed by atoms with van der Waals surface area (Å²) in [6.45, 7) is 0.864. The average molecular weight is 302 g/mol. The third-order valence-corrected chi connectivity index (χ3v) is 3.68. The van der Waals surface area contributed by atoms with Crippen LogP contribution >= 0.6 is 11.8 Å². The molecule has 1 amide bonds. The highest BCUT2D eigenvalue weighted by atomic mass is 32.2. The van der Waals surface area contributed by atoms with Crippen LogP contribution in [0.1, 0.15) is 10.4 Å². The fraction of sp³-hybridized carbons (Fsp3) is 0.188. The minimum absolute atomic E-state index is 0.0825. The SMILES string of the molecule is CSc1ccccc1C(=O)NCCOc1ccc(N)cc1. The second-order valence-electron chi connectivity index (χ2n) is 4.37. The Hall–Kier alpha value is -2.14. The number of rotatable bonds is 6. The summed E-state index contributed by atoms with van der Waals surface area (Å²) in [7, 11) is 0. The molecule has 0 saturated carbocycles. The second kappa shape index (κ2) is 7.59. The van der Waals surface area contributed by atoms with Gasteiger partial charge in [0.15, 0.2) is 0 Å². The molecule has 5 heteroatoms. The van der Waals surface area contributed by atoms with E-state index in [-0.39, 0.29) is 5.91 Å². The Labute approximate surface area is 128 Å². The number of hydrogen-bond acceptors (Lipinski definition) is 4. The number of nitrogens with one attached hydrogen (secondary N) is 1. The van der Waals surface area contributed by atoms with E-state index in [4.69, 9.17) is 10.5 Å². The van der Waals surface area contributed by atoms with Gasteiger partial charge in [-0.2, -0.15) is 0 Å². The second-order valence-corrected chi connectivity index (χ2v) is 5.22. The molecule has 3 N–H and O–H groups in total. The van der Waals surface area contributed by atoms with Gasteiger partial charge in [0, 0.05) is 10.6 Å². The van der Waals surface area contributed by atoms with Crippen LogP contribution in [0.5, 0.6) is 5.75 Å². The minimum Gasteiger partial charge on any atom is -0.492 e. The van der Waals surface area contributed by atoms with E-state index in [1.165, 1.54) is 0 Å². The molecule has 110 valence electrons. The molecule has 0 spiro atoms. The molecule has 4 nitrogen and oxygen atoms in total. The molecule has 21 heavy (non-hydrogen) atoms. The molecule has 2 aromatic rings. The summed E-state index contributed by atoms with van der Waals surface area (Å²) < 4.78 is 5.53. The lowest BCUT2D eigenvalue weighted by atomic mass is 10.2. The number of thioether (sulfide) groups is 1. The lowest BCUT2D eigenvalue weighted by Gasteiger charge is -2.09. The molecule has 2 aromatic carbocycles. The van der Waals surface area contributed by atoms with Gasteiger partial charge in [0.05, 0.1) is 12.1 Å². The van der Waals surface area contributed by atoms with E-state index in [9.17, 15) is 4.79 Å². The van der Waals surface area contributed by atoms with Gasteiger partial charge in [0.2, 0.25) is 0 Å². The predicted octanol–water partition coefficient (Wildman–Crippen LogP) is 2.80. The molecule has 0 fully saturated rings. The number of anilines is 1. The number of ether oxygens (including phenoxy) is 1. The predicted molar refractivity (Wildman–Crippen MR) is 86.9 cm³/mol. The zero-order valence-corrected chi connectivity index (χ0v) is 12.7. The number of amides is 1. The molecule has 0 saturated heterocycles. The maximum Gasteiger partial charge on any atom is 0.252 e. The molecular formula is C16H18N2O2S. The molecule has 0 aliphatic heterocycles. The van der Waals surface area contributed by atoms with E-state index in [0.717, 1.165) is 10.6 Å². The van der Waals surface area contributed by atoms with E-state index >= 15 is 0 Å². The summed E-state index contributed by atoms with van der Waals surface area (Å²) in [5, 5.41) is 2.85. The summed E-state index contributed by atoms with van der Waals surface area (Å²) in [6, 6.07) is 14.7. The normalized spacial score (nSPS) is 10.1. The van der Waals surface area contributed by atoms with Crippen LogP contribution in [0.4, 0.5) is 5.69 Å². The maximum atomic E-state index is 12.1. The number of nitrogen functional groups attached to an aromatic ring is 1. The molecule has 0 aromatic heterocycles. The van der Waals surface area contributed by atoms with Crippen molar-refractivity contribution in [3.8, 4) is 5.75 Å². The van der Waals surface area contributed by atoms with Gasteiger partial charge in [0.25, 0.3) is 5.91 Å². The van der Waals surface area contributed by atoms with E-state index < -0.39 is 0 Å². The minimum atomic E-state index is -0.0825. The van der Waals surface area contributed by atoms with Crippen molar-refractivity contribution in [2.75, 3.05) is 25.1 Å². The fourth-order valence-corrected chi connectivity index (χ4v) is 2.42. The van der Waals surface area contributed by atoms with E-state index in [1.54, 1.807) is 36.0 Å². The van der Waals surface area contributed by atoms with Gasteiger partial charge in [-0.3, -0.25) is 4.79 Å². The van der Waals surface area contributed by atoms with Crippen molar-refractivity contribution >= 4 is 23.4 Å². The lowest BCUT2D eigenvalue weighted by molar-refractivity contribution is 0.0944. The molecule has 0 bridgehead atoms. The number of benzene rings is 2. The average Bonchev–Trinajstić information content (AvgIpc) is 2.53. The number of nitrogens with two attached hydrogens (primary N) is 1. The zero-order valence-electron chi connectivity index (χ0n) is 11.8. The topological polar surface area (TPSA) is 64.3 Å². The van der Waals surface area contributed by atoms with Crippen molar-refractivity contribution in [1.29, 1.82) is 0 Å². The number of carbonyl (C=O) groups is 1. The van der Waals surface area contributed by atoms with E-state index in [2.05, 4.69) is 5.32 Å². The van der Waals surface area contributed by atoms with Crippen LogP contribution < -0.4 is 15.8 Å². The van der Waals surface area contributed by atoms with Crippen LogP contribution in [-0.4, -0.2) is 25.3 Å². The van der Waals surface area contributed by atoms with Crippen molar-refractivity contribution in [2.24, 2.45) is 0 Å². The molecule has 0 atom stereocenters. The van der Waals surface area contributed by atoms with Gasteiger partial charge >= 0.3 is 0 Å². The van der Waals surface area contributed by atoms with Gasteiger partial charge in [-0.05, 0) is 42.7 Å². The van der Waals surface area contributed by atoms with Crippen LogP contribution in [0.15, 0.2) is 53.4 Å². The quantitative estimate of drug-likeness (QED) is 0.489. The first-order valence-corrected chi connectivity index (χ1v) is 7.82. The Kier molecular flexibility index (Phi) is 5.51. The van der Waals surface area contributed by atoms with Crippen molar-refractivity contribution in [2.45, 2.75) is 4.90 Å². The van der Waals surface area contributed by atoms with Crippen molar-refractivity contribution < 1.29 is 9.53 Å². The Morgan fingerprint density at radius 3 is 2.62 bits per heavy atom. The first-order chi connectivity index (χ1) is 10.2. The third kappa shape index (κ3) is 4.43. The molecule has 0 radical (unpaired) electrons. The third-order valence-electron chi connectivity index (χ3n) is 2.89. The molecule has 0 aliphatic rings. The molecule has 0 heterocycles. The number of hydrogen-bond donors (Lipinski definition) is 2. The fourth-order valence-electron chi connectivity index (χ4n) is 1.82. The van der Waals surface area contributed by atoms with Gasteiger partial charge in [-0.25, -0.2) is 0 Å². The summed E-state index contributed by atoms with van der Waals surface area (Å²) in [5.74, 6) is 0.656. The largest absolute Gasteiger partial charge is 0.492 e. The van der Waals surface area contributed by atoms with Gasteiger partial charge < -0.3 is 15.8 Å². The molecular weight excluding hydrogens is 284 g/mol. The highest BCUT2D eigenvalue weighted by Gasteiger charge is 2.09. The highest BCUT2D eigenvalue weighted by molar-refractivity contribution is 7.98. The maximum absolute atomic E-state index is 12.1. The Morgan fingerprint density at radius 1 is 1.19 bits per heavy atom. The van der Waals surface area contributed by atoms with Crippen LogP contribution in [0.2, 0.25) is 0 Å². The van der Waals surface area contributed by atoms with Crippen molar-refractivity contribution in [3.05, 3.63) is 54.1 Å². The Bertz CT molecular complexity index is 599. The standard InChI is InChI=1S/C16H18N2O2S/c1-21-15-5-3-2-4-14(15)16(19)18-10-11-20-13-8-6-12(17)7-9-13/h2-9H,10-11,17H2,1H3,(H,18,19). The van der Waals surface area contributed by atoms with E-state index in [1.807, 2.05) is 30.5 Å². The van der Waals surface area contributed by atoms with Crippen LogP contribution in [0.3, 0.4) is 0 Å². The first kappa shape index (κ1) is 15.3. The highest BCUT2D eigenvalue weighted by Crippen LogP contribution is 2.19. The first-order valence-electron chi connectivity index (χ1n) is 6.60. The van der Waals surface area contributed by atoms with Crippen LogP contribution in [-0.2, 0) is 0 Å². The molecule has 2 rings (SSSR count). The monoisotopic (exact) mass is 302 g/mol. The Balaban J connectivity index is 1.80. The summed E-state index contributed by atoms with van der Waals surface area (Å²) in [5.41, 5.74) is 6.99. The number of carbonyl (C=O) groups excluding carboxylic acids is 1. The van der Waals surface area contributed by atoms with Crippen molar-refractivity contribution in [3.63, 3.8) is 0 Å². The van der Waals surface area contributed by atoms with Crippen molar-refractivity contribution in [1.82, 2.24) is 5.32 Å². The summed E-state index contributed by atoms with van der Waals surface area (Å²) in [4.78, 5) is 13.1. The summed E-state index contributed by atoms with van der Waals surface area (Å²) >= 11 is 1.56. The smallest absolute Gasteiger partial charge is 0.252 e. The Morgan fingerprint density at radius 2 is 1.90 bits per heavy atom. The zero-order chi connectivity index (χ0) is 15.1. The van der Waals surface area contributed by atoms with Gasteiger partial charge in [0.1, 0.15) is 12.4 Å².